The molecule has 3 aromatic heterocycles. The van der Waals surface area contributed by atoms with E-state index in [9.17, 15) is 31.1 Å². The van der Waals surface area contributed by atoms with Crippen molar-refractivity contribution in [3.05, 3.63) is 82.4 Å². The third-order valence-corrected chi connectivity index (χ3v) is 9.30. The topological polar surface area (TPSA) is 83.3 Å². The highest BCUT2D eigenvalue weighted by Gasteiger charge is 2.38. The number of ketones is 1. The molecule has 0 N–H and O–H groups in total. The molecule has 4 aromatic rings. The van der Waals surface area contributed by atoms with Gasteiger partial charge in [-0.3, -0.25) is 4.79 Å². The third-order valence-electron chi connectivity index (χ3n) is 9.30. The lowest BCUT2D eigenvalue weighted by Gasteiger charge is -2.30. The van der Waals surface area contributed by atoms with Crippen LogP contribution in [0.3, 0.4) is 0 Å². The minimum absolute atomic E-state index is 0.00430. The predicted molar refractivity (Wildman–Crippen MR) is 190 cm³/mol. The molecule has 0 atom stereocenters. The van der Waals surface area contributed by atoms with E-state index in [1.165, 1.54) is 23.4 Å². The minimum Gasteiger partial charge on any atom is -0.383 e. The Hall–Kier alpha value is -4.69. The van der Waals surface area contributed by atoms with E-state index in [4.69, 9.17) is 10.1 Å². The van der Waals surface area contributed by atoms with Crippen molar-refractivity contribution in [1.29, 1.82) is 0 Å². The second-order valence-electron chi connectivity index (χ2n) is 15.5. The van der Waals surface area contributed by atoms with E-state index in [2.05, 4.69) is 14.9 Å². The number of nitrogens with zero attached hydrogens (tertiary/aromatic N) is 8. The number of alkyl halides is 6. The molecule has 2 aliphatic carbocycles. The Morgan fingerprint density at radius 3 is 1.91 bits per heavy atom. The number of halogens is 6. The summed E-state index contributed by atoms with van der Waals surface area (Å²) in [6.07, 6.45) is -0.108. The van der Waals surface area contributed by atoms with Gasteiger partial charge in [-0.2, -0.15) is 31.4 Å². The average Bonchev–Trinajstić information content (AvgIpc) is 4.02. The van der Waals surface area contributed by atoms with Gasteiger partial charge in [0.1, 0.15) is 5.82 Å². The molecule has 2 aliphatic rings. The van der Waals surface area contributed by atoms with Gasteiger partial charge in [-0.05, 0) is 95.0 Å². The van der Waals surface area contributed by atoms with E-state index in [0.29, 0.717) is 28.9 Å². The molecular weight excluding hydrogens is 698 g/mol. The molecule has 6 rings (SSSR count). The number of hydrogen-bond donors (Lipinski definition) is 0. The van der Waals surface area contributed by atoms with Crippen molar-refractivity contribution in [2.45, 2.75) is 84.4 Å². The van der Waals surface area contributed by atoms with Gasteiger partial charge >= 0.3 is 12.4 Å². The first-order valence-electron chi connectivity index (χ1n) is 17.6. The summed E-state index contributed by atoms with van der Waals surface area (Å²) in [7, 11) is 3.51. The SMILES string of the molecule is Cc1nn(C(C)(C)C)c2nc(N(CC3CC3)CC3CC3)c(CN(Cc3cc(C(F)(F)F)cc(C(F)(F)F)c3)c3ncc(C(=O)/C=C/N(C)C)cn3)cc12. The molecule has 0 radical (unpaired) electrons. The van der Waals surface area contributed by atoms with Gasteiger partial charge in [-0.1, -0.05) is 0 Å². The van der Waals surface area contributed by atoms with Crippen LogP contribution in [0.15, 0.2) is 48.9 Å². The molecule has 0 aliphatic heterocycles. The van der Waals surface area contributed by atoms with Gasteiger partial charge in [0.25, 0.3) is 0 Å². The summed E-state index contributed by atoms with van der Waals surface area (Å²) in [5, 5.41) is 5.60. The Labute approximate surface area is 304 Å². The van der Waals surface area contributed by atoms with Crippen molar-refractivity contribution in [3.63, 3.8) is 0 Å². The second kappa shape index (κ2) is 14.3. The zero-order chi connectivity index (χ0) is 38.5. The summed E-state index contributed by atoms with van der Waals surface area (Å²) < 4.78 is 85.5. The predicted octanol–water partition coefficient (Wildman–Crippen LogP) is 8.41. The second-order valence-corrected chi connectivity index (χ2v) is 15.5. The smallest absolute Gasteiger partial charge is 0.383 e. The normalized spacial score (nSPS) is 15.4. The average molecular weight is 743 g/mol. The summed E-state index contributed by atoms with van der Waals surface area (Å²) in [4.78, 5) is 32.4. The monoisotopic (exact) mass is 742 g/mol. The highest BCUT2D eigenvalue weighted by atomic mass is 19.4. The van der Waals surface area contributed by atoms with Crippen LogP contribution in [0.1, 0.15) is 84.8 Å². The number of carbonyl (C=O) groups excluding carboxylic acids is 1. The molecule has 2 fully saturated rings. The Balaban J connectivity index is 1.49. The first-order chi connectivity index (χ1) is 24.8. The molecule has 1 aromatic carbocycles. The maximum atomic E-state index is 13.9. The van der Waals surface area contributed by atoms with Gasteiger partial charge < -0.3 is 14.7 Å². The third kappa shape index (κ3) is 9.28. The fourth-order valence-electron chi connectivity index (χ4n) is 6.20. The maximum absolute atomic E-state index is 13.9. The van der Waals surface area contributed by atoms with E-state index in [1.807, 2.05) is 38.4 Å². The van der Waals surface area contributed by atoms with Crippen molar-refractivity contribution in [3.8, 4) is 0 Å². The van der Waals surface area contributed by atoms with E-state index >= 15 is 0 Å². The maximum Gasteiger partial charge on any atom is 0.416 e. The Morgan fingerprint density at radius 1 is 0.849 bits per heavy atom. The Bertz CT molecular complexity index is 1940. The molecule has 0 spiro atoms. The van der Waals surface area contributed by atoms with Crippen LogP contribution < -0.4 is 9.80 Å². The number of aromatic nitrogens is 5. The Morgan fingerprint density at radius 2 is 1.42 bits per heavy atom. The van der Waals surface area contributed by atoms with Crippen LogP contribution in [0, 0.1) is 18.8 Å². The van der Waals surface area contributed by atoms with Gasteiger partial charge in [0.15, 0.2) is 11.4 Å². The molecule has 0 unspecified atom stereocenters. The number of aryl methyl sites for hydroxylation is 1. The van der Waals surface area contributed by atoms with E-state index in [0.717, 1.165) is 62.0 Å². The highest BCUT2D eigenvalue weighted by Crippen LogP contribution is 2.40. The largest absolute Gasteiger partial charge is 0.416 e. The number of carbonyl (C=O) groups is 1. The van der Waals surface area contributed by atoms with E-state index in [1.54, 1.807) is 25.2 Å². The van der Waals surface area contributed by atoms with Gasteiger partial charge in [-0.25, -0.2) is 19.6 Å². The van der Waals surface area contributed by atoms with Crippen LogP contribution in [-0.4, -0.2) is 62.6 Å². The first kappa shape index (κ1) is 38.0. The molecule has 15 heteroatoms. The fourth-order valence-corrected chi connectivity index (χ4v) is 6.20. The van der Waals surface area contributed by atoms with Crippen LogP contribution in [0.2, 0.25) is 0 Å². The van der Waals surface area contributed by atoms with Crippen LogP contribution in [0.5, 0.6) is 0 Å². The van der Waals surface area contributed by atoms with Gasteiger partial charge in [0, 0.05) is 75.9 Å². The van der Waals surface area contributed by atoms with Gasteiger partial charge in [-0.15, -0.1) is 0 Å². The summed E-state index contributed by atoms with van der Waals surface area (Å²) >= 11 is 0. The first-order valence-corrected chi connectivity index (χ1v) is 17.6. The van der Waals surface area contributed by atoms with E-state index < -0.39 is 35.6 Å². The molecule has 2 saturated carbocycles. The van der Waals surface area contributed by atoms with Crippen molar-refractivity contribution in [1.82, 2.24) is 29.6 Å². The molecule has 284 valence electrons. The zero-order valence-electron chi connectivity index (χ0n) is 30.7. The molecular formula is C38H44F6N8O. The number of fused-ring (bicyclic) bond motifs is 1. The molecule has 9 nitrogen and oxygen atoms in total. The van der Waals surface area contributed by atoms with Gasteiger partial charge in [0.05, 0.1) is 27.9 Å². The van der Waals surface area contributed by atoms with Crippen LogP contribution >= 0.6 is 0 Å². The number of pyridine rings is 1. The number of anilines is 2. The quantitative estimate of drug-likeness (QED) is 0.0768. The zero-order valence-corrected chi connectivity index (χ0v) is 30.7. The lowest BCUT2D eigenvalue weighted by Crippen LogP contribution is -2.32. The van der Waals surface area contributed by atoms with Crippen molar-refractivity contribution in [2.75, 3.05) is 37.0 Å². The van der Waals surface area contributed by atoms with Crippen molar-refractivity contribution < 1.29 is 31.1 Å². The molecule has 0 amide bonds. The van der Waals surface area contributed by atoms with Crippen molar-refractivity contribution in [2.24, 2.45) is 11.8 Å². The highest BCUT2D eigenvalue weighted by molar-refractivity contribution is 6.04. The van der Waals surface area contributed by atoms with Crippen LogP contribution in [0.4, 0.5) is 38.1 Å². The summed E-state index contributed by atoms with van der Waals surface area (Å²) in [6.45, 7) is 9.14. The number of benzene rings is 1. The molecule has 3 heterocycles. The Kier molecular flexibility index (Phi) is 10.2. The fraction of sp³-hybridized carbons (Fsp3) is 0.500. The summed E-state index contributed by atoms with van der Waals surface area (Å²) in [6, 6.07) is 3.53. The summed E-state index contributed by atoms with van der Waals surface area (Å²) in [5.41, 5.74) is -1.15. The van der Waals surface area contributed by atoms with Crippen LogP contribution in [-0.2, 0) is 31.0 Å². The van der Waals surface area contributed by atoms with Crippen LogP contribution in [0.25, 0.3) is 11.0 Å². The van der Waals surface area contributed by atoms with E-state index in [-0.39, 0.29) is 35.5 Å². The molecule has 53 heavy (non-hydrogen) atoms. The summed E-state index contributed by atoms with van der Waals surface area (Å²) in [5.74, 6) is 1.35. The lowest BCUT2D eigenvalue weighted by atomic mass is 10.0. The number of allylic oxidation sites excluding steroid dienone is 1. The lowest BCUT2D eigenvalue weighted by molar-refractivity contribution is -0.143. The van der Waals surface area contributed by atoms with Crippen molar-refractivity contribution >= 4 is 28.6 Å². The molecule has 0 bridgehead atoms. The standard InChI is InChI=1S/C38H44F6N8O/c1-23-31-15-27(33(47-34(31)52(48-23)36(2,3)4)50(19-24-7-8-24)20-25-9-10-25)22-51(35-45-17-28(18-46-35)32(53)11-12-49(5)6)21-26-13-29(37(39,40)41)16-30(14-26)38(42,43)44/h11-18,24-25H,7-10,19-22H2,1-6H3/b12-11+. The molecule has 0 saturated heterocycles. The minimum atomic E-state index is -5.02. The number of rotatable bonds is 13. The van der Waals surface area contributed by atoms with Gasteiger partial charge in [0.2, 0.25) is 5.95 Å². The number of hydrogen-bond acceptors (Lipinski definition) is 8.